The van der Waals surface area contributed by atoms with Crippen molar-refractivity contribution >= 4 is 56.4 Å². The Hall–Kier alpha value is -3.87. The maximum atomic E-state index is 14.0. The van der Waals surface area contributed by atoms with Crippen LogP contribution in [-0.4, -0.2) is 55.8 Å². The number of hydrogen-bond donors (Lipinski definition) is 1. The molecule has 14 heteroatoms. The number of rotatable bonds is 12. The number of methoxy groups -OCH3 is 1. The molecule has 2 amide bonds. The lowest BCUT2D eigenvalue weighted by Gasteiger charge is -2.32. The molecule has 3 rings (SSSR count). The van der Waals surface area contributed by atoms with Crippen molar-refractivity contribution in [2.75, 3.05) is 18.0 Å². The Kier molecular flexibility index (Phi) is 11.0. The Balaban J connectivity index is 2.13. The van der Waals surface area contributed by atoms with Crippen molar-refractivity contribution in [1.82, 2.24) is 10.2 Å². The Morgan fingerprint density at radius 3 is 2.16 bits per heavy atom. The van der Waals surface area contributed by atoms with E-state index in [1.165, 1.54) is 62.3 Å². The van der Waals surface area contributed by atoms with Crippen LogP contribution in [-0.2, 0) is 26.2 Å². The summed E-state index contributed by atoms with van der Waals surface area (Å²) in [7, 11) is -3.10. The first-order valence-electron chi connectivity index (χ1n) is 13.1. The van der Waals surface area contributed by atoms with E-state index in [4.69, 9.17) is 27.9 Å². The van der Waals surface area contributed by atoms with E-state index in [2.05, 4.69) is 5.32 Å². The molecule has 0 aliphatic rings. The van der Waals surface area contributed by atoms with Crippen LogP contribution in [0.25, 0.3) is 0 Å². The Morgan fingerprint density at radius 2 is 1.63 bits per heavy atom. The Labute approximate surface area is 260 Å². The van der Waals surface area contributed by atoms with E-state index in [1.807, 2.05) is 0 Å². The minimum absolute atomic E-state index is 0.0902. The highest BCUT2D eigenvalue weighted by Gasteiger charge is 2.34. The summed E-state index contributed by atoms with van der Waals surface area (Å²) in [6.07, 6.45) is 0. The number of carbonyl (C=O) groups excluding carboxylic acids is 2. The fourth-order valence-electron chi connectivity index (χ4n) is 4.19. The second-order valence-electron chi connectivity index (χ2n) is 9.98. The molecular formula is C29H32Cl2N4O7S. The molecule has 0 saturated heterocycles. The van der Waals surface area contributed by atoms with Gasteiger partial charge in [-0.3, -0.25) is 24.0 Å². The van der Waals surface area contributed by atoms with Crippen LogP contribution in [0.5, 0.6) is 5.75 Å². The summed E-state index contributed by atoms with van der Waals surface area (Å²) >= 11 is 12.8. The van der Waals surface area contributed by atoms with Gasteiger partial charge in [0.2, 0.25) is 11.8 Å². The third-order valence-electron chi connectivity index (χ3n) is 6.59. The quantitative estimate of drug-likeness (QED) is 0.206. The van der Waals surface area contributed by atoms with Crippen LogP contribution >= 0.6 is 23.2 Å². The number of amides is 2. The average Bonchev–Trinajstić information content (AvgIpc) is 2.95. The molecule has 0 fully saturated rings. The van der Waals surface area contributed by atoms with Gasteiger partial charge in [-0.15, -0.1) is 0 Å². The molecule has 43 heavy (non-hydrogen) atoms. The standard InChI is InChI=1S/C29H32Cl2N4O7S/c1-18(2)32-29(37)20(4)33(16-24-25(30)7-6-8-26(24)31)28(36)17-34(21-10-12-22(42-5)13-11-21)43(40,41)23-14-9-19(3)27(15-23)35(38)39/h6-15,18,20H,16-17H2,1-5H3,(H,32,37)/t20-/m0/s1. The predicted molar refractivity (Wildman–Crippen MR) is 165 cm³/mol. The first kappa shape index (κ1) is 33.6. The molecular weight excluding hydrogens is 619 g/mol. The van der Waals surface area contributed by atoms with Gasteiger partial charge in [0.15, 0.2) is 0 Å². The van der Waals surface area contributed by atoms with Crippen molar-refractivity contribution in [1.29, 1.82) is 0 Å². The fourth-order valence-corrected chi connectivity index (χ4v) is 6.14. The highest BCUT2D eigenvalue weighted by molar-refractivity contribution is 7.92. The van der Waals surface area contributed by atoms with Gasteiger partial charge in [-0.25, -0.2) is 8.42 Å². The smallest absolute Gasteiger partial charge is 0.273 e. The Bertz CT molecular complexity index is 1600. The SMILES string of the molecule is COc1ccc(N(CC(=O)N(Cc2c(Cl)cccc2Cl)[C@@H](C)C(=O)NC(C)C)S(=O)(=O)c2ccc(C)c([N+](=O)[O-])c2)cc1. The highest BCUT2D eigenvalue weighted by Crippen LogP contribution is 2.31. The lowest BCUT2D eigenvalue weighted by molar-refractivity contribution is -0.385. The van der Waals surface area contributed by atoms with Gasteiger partial charge in [0, 0.05) is 39.8 Å². The number of aryl methyl sites for hydroxylation is 1. The van der Waals surface area contributed by atoms with Crippen LogP contribution in [0.2, 0.25) is 10.0 Å². The molecule has 0 saturated carbocycles. The molecule has 0 unspecified atom stereocenters. The number of benzene rings is 3. The number of nitrogens with zero attached hydrogens (tertiary/aromatic N) is 3. The van der Waals surface area contributed by atoms with Crippen LogP contribution in [0.3, 0.4) is 0 Å². The topological polar surface area (TPSA) is 139 Å². The van der Waals surface area contributed by atoms with Crippen molar-refractivity contribution in [3.63, 3.8) is 0 Å². The molecule has 0 radical (unpaired) electrons. The van der Waals surface area contributed by atoms with Crippen molar-refractivity contribution < 1.29 is 27.7 Å². The van der Waals surface area contributed by atoms with Crippen LogP contribution in [0.15, 0.2) is 65.6 Å². The van der Waals surface area contributed by atoms with Gasteiger partial charge >= 0.3 is 0 Å². The van der Waals surface area contributed by atoms with E-state index in [0.29, 0.717) is 11.3 Å². The van der Waals surface area contributed by atoms with Crippen LogP contribution in [0.4, 0.5) is 11.4 Å². The van der Waals surface area contributed by atoms with E-state index < -0.39 is 45.0 Å². The zero-order valence-electron chi connectivity index (χ0n) is 24.2. The summed E-state index contributed by atoms with van der Waals surface area (Å²) in [6, 6.07) is 12.9. The van der Waals surface area contributed by atoms with E-state index in [9.17, 15) is 28.1 Å². The van der Waals surface area contributed by atoms with Crippen molar-refractivity contribution in [3.8, 4) is 5.75 Å². The molecule has 0 spiro atoms. The third kappa shape index (κ3) is 7.95. The fraction of sp³-hybridized carbons (Fsp3) is 0.310. The molecule has 1 N–H and O–H groups in total. The van der Waals surface area contributed by atoms with Gasteiger partial charge in [-0.05, 0) is 70.2 Å². The molecule has 1 atom stereocenters. The maximum Gasteiger partial charge on any atom is 0.273 e. The van der Waals surface area contributed by atoms with Gasteiger partial charge in [0.05, 0.1) is 22.6 Å². The number of nitro benzene ring substituents is 1. The molecule has 3 aromatic carbocycles. The first-order valence-corrected chi connectivity index (χ1v) is 15.3. The maximum absolute atomic E-state index is 14.0. The van der Waals surface area contributed by atoms with Crippen molar-refractivity contribution in [2.24, 2.45) is 0 Å². The normalized spacial score (nSPS) is 12.0. The molecule has 3 aromatic rings. The summed E-state index contributed by atoms with van der Waals surface area (Å²) in [5, 5.41) is 14.9. The molecule has 0 aromatic heterocycles. The molecule has 0 heterocycles. The van der Waals surface area contributed by atoms with Gasteiger partial charge in [-0.1, -0.05) is 35.3 Å². The van der Waals surface area contributed by atoms with Crippen LogP contribution < -0.4 is 14.4 Å². The lowest BCUT2D eigenvalue weighted by atomic mass is 10.1. The van der Waals surface area contributed by atoms with E-state index in [-0.39, 0.29) is 38.8 Å². The molecule has 230 valence electrons. The Morgan fingerprint density at radius 1 is 1.02 bits per heavy atom. The number of ether oxygens (including phenoxy) is 1. The van der Waals surface area contributed by atoms with E-state index in [0.717, 1.165) is 10.4 Å². The first-order chi connectivity index (χ1) is 20.2. The second-order valence-corrected chi connectivity index (χ2v) is 12.7. The zero-order valence-corrected chi connectivity index (χ0v) is 26.5. The number of carbonyl (C=O) groups is 2. The number of halogens is 2. The summed E-state index contributed by atoms with van der Waals surface area (Å²) in [5.74, 6) is -0.782. The van der Waals surface area contributed by atoms with Crippen LogP contribution in [0.1, 0.15) is 31.9 Å². The zero-order chi connectivity index (χ0) is 32.1. The minimum atomic E-state index is -4.54. The monoisotopic (exact) mass is 650 g/mol. The van der Waals surface area contributed by atoms with E-state index in [1.54, 1.807) is 32.0 Å². The van der Waals surface area contributed by atoms with Gasteiger partial charge in [0.25, 0.3) is 15.7 Å². The molecule has 0 aliphatic carbocycles. The molecule has 11 nitrogen and oxygen atoms in total. The summed E-state index contributed by atoms with van der Waals surface area (Å²) in [5.41, 5.74) is 0.337. The largest absolute Gasteiger partial charge is 0.497 e. The minimum Gasteiger partial charge on any atom is -0.497 e. The lowest BCUT2D eigenvalue weighted by Crippen LogP contribution is -2.52. The average molecular weight is 652 g/mol. The number of hydrogen-bond acceptors (Lipinski definition) is 7. The van der Waals surface area contributed by atoms with Gasteiger partial charge in [0.1, 0.15) is 18.3 Å². The van der Waals surface area contributed by atoms with Crippen molar-refractivity contribution in [3.05, 3.63) is 92.0 Å². The van der Waals surface area contributed by atoms with E-state index >= 15 is 0 Å². The highest BCUT2D eigenvalue weighted by atomic mass is 35.5. The van der Waals surface area contributed by atoms with Crippen LogP contribution in [0, 0.1) is 17.0 Å². The number of sulfonamides is 1. The summed E-state index contributed by atoms with van der Waals surface area (Å²) in [4.78, 5) is 38.8. The number of nitrogens with one attached hydrogen (secondary N) is 1. The second kappa shape index (κ2) is 14.1. The predicted octanol–water partition coefficient (Wildman–Crippen LogP) is 5.36. The molecule has 0 bridgehead atoms. The summed E-state index contributed by atoms with van der Waals surface area (Å²) in [6.45, 7) is 5.58. The van der Waals surface area contributed by atoms with Crippen molar-refractivity contribution in [2.45, 2.75) is 51.2 Å². The van der Waals surface area contributed by atoms with Gasteiger partial charge < -0.3 is 15.0 Å². The third-order valence-corrected chi connectivity index (χ3v) is 9.07. The number of anilines is 1. The summed E-state index contributed by atoms with van der Waals surface area (Å²) < 4.78 is 34.1. The van der Waals surface area contributed by atoms with Gasteiger partial charge in [-0.2, -0.15) is 0 Å². The number of nitro groups is 1. The molecule has 0 aliphatic heterocycles.